The van der Waals surface area contributed by atoms with E-state index >= 15 is 0 Å². The van der Waals surface area contributed by atoms with Gasteiger partial charge >= 0.3 is 5.97 Å². The summed E-state index contributed by atoms with van der Waals surface area (Å²) in [6.45, 7) is 2.85. The number of aliphatic carboxylic acids is 1. The van der Waals surface area contributed by atoms with Crippen molar-refractivity contribution in [3.05, 3.63) is 23.8 Å². The lowest BCUT2D eigenvalue weighted by molar-refractivity contribution is -0.142. The molecule has 0 spiro atoms. The number of hydrogen-bond acceptors (Lipinski definition) is 4. The standard InChI is InChI=1S/C16H21NO5/c1-4-17(15(18)11-8-12(11)16(19)20)9-10-5-6-13(21-2)14(7-10)22-3/h5-7,11-12H,4,8-9H2,1-3H3,(H,19,20)/t11-,12-/m0/s1. The van der Waals surface area contributed by atoms with Crippen molar-refractivity contribution in [1.29, 1.82) is 0 Å². The number of carbonyl (C=O) groups excluding carboxylic acids is 1. The van der Waals surface area contributed by atoms with Crippen molar-refractivity contribution in [3.8, 4) is 11.5 Å². The third-order valence-corrected chi connectivity index (χ3v) is 3.94. The molecule has 22 heavy (non-hydrogen) atoms. The lowest BCUT2D eigenvalue weighted by Crippen LogP contribution is -2.32. The summed E-state index contributed by atoms with van der Waals surface area (Å²) in [6, 6.07) is 5.50. The Morgan fingerprint density at radius 2 is 1.91 bits per heavy atom. The van der Waals surface area contributed by atoms with Gasteiger partial charge < -0.3 is 19.5 Å². The number of carbonyl (C=O) groups is 2. The van der Waals surface area contributed by atoms with Crippen molar-refractivity contribution in [2.45, 2.75) is 19.9 Å². The molecule has 0 aliphatic heterocycles. The topological polar surface area (TPSA) is 76.1 Å². The van der Waals surface area contributed by atoms with Crippen LogP contribution in [0.1, 0.15) is 18.9 Å². The number of amides is 1. The molecule has 0 aromatic heterocycles. The number of methoxy groups -OCH3 is 2. The molecule has 1 saturated carbocycles. The molecule has 0 radical (unpaired) electrons. The van der Waals surface area contributed by atoms with Gasteiger partial charge in [-0.25, -0.2) is 0 Å². The Morgan fingerprint density at radius 3 is 2.41 bits per heavy atom. The van der Waals surface area contributed by atoms with Gasteiger partial charge in [0.2, 0.25) is 5.91 Å². The van der Waals surface area contributed by atoms with Crippen LogP contribution in [0.25, 0.3) is 0 Å². The highest BCUT2D eigenvalue weighted by Gasteiger charge is 2.49. The average molecular weight is 307 g/mol. The quantitative estimate of drug-likeness (QED) is 0.831. The fourth-order valence-electron chi connectivity index (χ4n) is 2.52. The third kappa shape index (κ3) is 3.32. The lowest BCUT2D eigenvalue weighted by Gasteiger charge is -2.21. The van der Waals surface area contributed by atoms with Crippen LogP contribution in [0, 0.1) is 11.8 Å². The monoisotopic (exact) mass is 307 g/mol. The molecule has 1 aromatic rings. The van der Waals surface area contributed by atoms with E-state index in [0.717, 1.165) is 5.56 Å². The Bertz CT molecular complexity index is 572. The first-order valence-corrected chi connectivity index (χ1v) is 7.24. The first-order chi connectivity index (χ1) is 10.5. The van der Waals surface area contributed by atoms with Gasteiger partial charge in [0.15, 0.2) is 11.5 Å². The number of hydrogen-bond donors (Lipinski definition) is 1. The second-order valence-electron chi connectivity index (χ2n) is 5.33. The van der Waals surface area contributed by atoms with E-state index in [1.54, 1.807) is 25.2 Å². The SMILES string of the molecule is CCN(Cc1ccc(OC)c(OC)c1)C(=O)[C@H]1C[C@@H]1C(=O)O. The zero-order valence-corrected chi connectivity index (χ0v) is 13.0. The minimum absolute atomic E-state index is 0.0929. The van der Waals surface area contributed by atoms with Crippen LogP contribution in [0.15, 0.2) is 18.2 Å². The van der Waals surface area contributed by atoms with Crippen LogP contribution < -0.4 is 9.47 Å². The van der Waals surface area contributed by atoms with Crippen molar-refractivity contribution >= 4 is 11.9 Å². The molecule has 1 aliphatic rings. The van der Waals surface area contributed by atoms with Crippen LogP contribution in [0.3, 0.4) is 0 Å². The van der Waals surface area contributed by atoms with Gasteiger partial charge in [-0.15, -0.1) is 0 Å². The van der Waals surface area contributed by atoms with E-state index in [2.05, 4.69) is 0 Å². The van der Waals surface area contributed by atoms with Crippen LogP contribution in [0.4, 0.5) is 0 Å². The summed E-state index contributed by atoms with van der Waals surface area (Å²) in [5.74, 6) is -0.637. The molecule has 0 heterocycles. The van der Waals surface area contributed by atoms with Crippen LogP contribution in [0.2, 0.25) is 0 Å². The normalized spacial score (nSPS) is 19.4. The molecule has 0 bridgehead atoms. The Labute approximate surface area is 129 Å². The summed E-state index contributed by atoms with van der Waals surface area (Å²) in [5.41, 5.74) is 0.917. The van der Waals surface area contributed by atoms with Gasteiger partial charge in [0, 0.05) is 13.1 Å². The Morgan fingerprint density at radius 1 is 1.23 bits per heavy atom. The van der Waals surface area contributed by atoms with E-state index in [1.807, 2.05) is 19.1 Å². The summed E-state index contributed by atoms with van der Waals surface area (Å²) >= 11 is 0. The van der Waals surface area contributed by atoms with E-state index in [4.69, 9.17) is 14.6 Å². The lowest BCUT2D eigenvalue weighted by atomic mass is 10.1. The fourth-order valence-corrected chi connectivity index (χ4v) is 2.52. The molecule has 1 aromatic carbocycles. The molecule has 1 aliphatic carbocycles. The maximum absolute atomic E-state index is 12.3. The van der Waals surface area contributed by atoms with E-state index in [9.17, 15) is 9.59 Å². The number of rotatable bonds is 7. The van der Waals surface area contributed by atoms with E-state index < -0.39 is 11.9 Å². The molecule has 6 heteroatoms. The van der Waals surface area contributed by atoms with Gasteiger partial charge in [0.25, 0.3) is 0 Å². The highest BCUT2D eigenvalue weighted by Crippen LogP contribution is 2.40. The van der Waals surface area contributed by atoms with Crippen LogP contribution >= 0.6 is 0 Å². The summed E-state index contributed by atoms with van der Waals surface area (Å²) < 4.78 is 10.4. The first kappa shape index (κ1) is 16.1. The Kier molecular flexibility index (Phi) is 4.90. The molecule has 0 saturated heterocycles. The second-order valence-corrected chi connectivity index (χ2v) is 5.33. The van der Waals surface area contributed by atoms with Gasteiger partial charge in [0.1, 0.15) is 0 Å². The number of benzene rings is 1. The maximum atomic E-state index is 12.3. The van der Waals surface area contributed by atoms with Crippen LogP contribution in [0.5, 0.6) is 11.5 Å². The van der Waals surface area contributed by atoms with Crippen molar-refractivity contribution in [1.82, 2.24) is 4.90 Å². The molecule has 120 valence electrons. The third-order valence-electron chi connectivity index (χ3n) is 3.94. The van der Waals surface area contributed by atoms with Crippen LogP contribution in [-0.2, 0) is 16.1 Å². The number of ether oxygens (including phenoxy) is 2. The van der Waals surface area contributed by atoms with E-state index in [-0.39, 0.29) is 11.8 Å². The molecular formula is C16H21NO5. The second kappa shape index (κ2) is 6.68. The van der Waals surface area contributed by atoms with Gasteiger partial charge in [-0.3, -0.25) is 9.59 Å². The Balaban J connectivity index is 2.07. The largest absolute Gasteiger partial charge is 0.493 e. The van der Waals surface area contributed by atoms with Gasteiger partial charge in [-0.2, -0.15) is 0 Å². The number of carboxylic acids is 1. The molecule has 2 atom stereocenters. The molecular weight excluding hydrogens is 286 g/mol. The highest BCUT2D eigenvalue weighted by atomic mass is 16.5. The van der Waals surface area contributed by atoms with Gasteiger partial charge in [-0.1, -0.05) is 6.07 Å². The van der Waals surface area contributed by atoms with Crippen LogP contribution in [-0.4, -0.2) is 42.6 Å². The van der Waals surface area contributed by atoms with E-state index in [1.165, 1.54) is 0 Å². The summed E-state index contributed by atoms with van der Waals surface area (Å²) in [7, 11) is 3.13. The minimum atomic E-state index is -0.888. The smallest absolute Gasteiger partial charge is 0.307 e. The number of carboxylic acid groups (broad SMARTS) is 1. The molecule has 1 amide bonds. The molecule has 2 rings (SSSR count). The van der Waals surface area contributed by atoms with Gasteiger partial charge in [0.05, 0.1) is 26.1 Å². The summed E-state index contributed by atoms with van der Waals surface area (Å²) in [6.07, 6.45) is 0.441. The average Bonchev–Trinajstić information content (AvgIpc) is 3.32. The van der Waals surface area contributed by atoms with E-state index in [0.29, 0.717) is 31.0 Å². The van der Waals surface area contributed by atoms with Crippen molar-refractivity contribution in [2.24, 2.45) is 11.8 Å². The molecule has 0 unspecified atom stereocenters. The summed E-state index contributed by atoms with van der Waals surface area (Å²) in [4.78, 5) is 24.9. The minimum Gasteiger partial charge on any atom is -0.493 e. The predicted octanol–water partition coefficient (Wildman–Crippen LogP) is 1.77. The van der Waals surface area contributed by atoms with Crippen molar-refractivity contribution in [2.75, 3.05) is 20.8 Å². The first-order valence-electron chi connectivity index (χ1n) is 7.24. The van der Waals surface area contributed by atoms with Crippen molar-refractivity contribution in [3.63, 3.8) is 0 Å². The van der Waals surface area contributed by atoms with Gasteiger partial charge in [-0.05, 0) is 31.0 Å². The fraction of sp³-hybridized carbons (Fsp3) is 0.500. The molecule has 6 nitrogen and oxygen atoms in total. The summed E-state index contributed by atoms with van der Waals surface area (Å²) in [5, 5.41) is 8.94. The molecule has 1 fully saturated rings. The Hall–Kier alpha value is -2.24. The predicted molar refractivity (Wildman–Crippen MR) is 79.9 cm³/mol. The number of nitrogens with zero attached hydrogens (tertiary/aromatic N) is 1. The highest BCUT2D eigenvalue weighted by molar-refractivity contribution is 5.89. The van der Waals surface area contributed by atoms with Crippen molar-refractivity contribution < 1.29 is 24.2 Å². The maximum Gasteiger partial charge on any atom is 0.307 e. The zero-order valence-electron chi connectivity index (χ0n) is 13.0. The zero-order chi connectivity index (χ0) is 16.3. The molecule has 1 N–H and O–H groups in total.